The number of amides is 2. The number of anilines is 2. The predicted molar refractivity (Wildman–Crippen MR) is 100 cm³/mol. The molecule has 0 bridgehead atoms. The second-order valence-electron chi connectivity index (χ2n) is 5.89. The molecule has 1 atom stereocenters. The number of nitrogens with zero attached hydrogens (tertiary/aromatic N) is 1. The lowest BCUT2D eigenvalue weighted by molar-refractivity contribution is -0.125. The van der Waals surface area contributed by atoms with Crippen molar-refractivity contribution in [3.05, 3.63) is 48.5 Å². The van der Waals surface area contributed by atoms with Gasteiger partial charge in [0.1, 0.15) is 5.75 Å². The lowest BCUT2D eigenvalue weighted by atomic mass is 10.1. The molecule has 0 aromatic heterocycles. The second-order valence-corrected chi connectivity index (χ2v) is 6.92. The third kappa shape index (κ3) is 4.57. The van der Waals surface area contributed by atoms with E-state index < -0.39 is 11.9 Å². The minimum Gasteiger partial charge on any atom is -0.479 e. The fourth-order valence-electron chi connectivity index (χ4n) is 2.78. The van der Waals surface area contributed by atoms with Crippen molar-refractivity contribution in [1.29, 1.82) is 0 Å². The number of carbonyl (C=O) groups is 2. The van der Waals surface area contributed by atoms with Gasteiger partial charge in [-0.25, -0.2) is 0 Å². The van der Waals surface area contributed by atoms with Crippen LogP contribution in [0.25, 0.3) is 0 Å². The summed E-state index contributed by atoms with van der Waals surface area (Å²) < 4.78 is 30.9. The van der Waals surface area contributed by atoms with E-state index in [0.29, 0.717) is 33.8 Å². The van der Waals surface area contributed by atoms with Crippen molar-refractivity contribution in [3.63, 3.8) is 0 Å². The zero-order valence-electron chi connectivity index (χ0n) is 14.5. The van der Waals surface area contributed by atoms with Gasteiger partial charge in [-0.15, -0.1) is 0 Å². The molecule has 0 fully saturated rings. The molecule has 8 heteroatoms. The monoisotopic (exact) mass is 392 g/mol. The summed E-state index contributed by atoms with van der Waals surface area (Å²) in [5.41, 5.74) is 0.942. The van der Waals surface area contributed by atoms with Crippen LogP contribution in [0.3, 0.4) is 0 Å². The first-order valence-corrected chi connectivity index (χ1v) is 9.24. The van der Waals surface area contributed by atoms with Gasteiger partial charge in [0.05, 0.1) is 11.4 Å². The number of alkyl halides is 2. The Balaban J connectivity index is 1.67. The maximum absolute atomic E-state index is 12.6. The van der Waals surface area contributed by atoms with Gasteiger partial charge in [-0.05, 0) is 31.2 Å². The zero-order chi connectivity index (χ0) is 19.4. The van der Waals surface area contributed by atoms with Crippen molar-refractivity contribution >= 4 is 35.0 Å². The van der Waals surface area contributed by atoms with Crippen LogP contribution in [-0.4, -0.2) is 30.2 Å². The highest BCUT2D eigenvalue weighted by molar-refractivity contribution is 7.99. The maximum Gasteiger partial charge on any atom is 0.288 e. The van der Waals surface area contributed by atoms with Crippen LogP contribution in [0.4, 0.5) is 20.2 Å². The van der Waals surface area contributed by atoms with E-state index in [1.165, 1.54) is 11.0 Å². The average Bonchev–Trinajstić information content (AvgIpc) is 2.63. The normalized spacial score (nSPS) is 16.1. The van der Waals surface area contributed by atoms with E-state index in [1.54, 1.807) is 43.3 Å². The van der Waals surface area contributed by atoms with Gasteiger partial charge in [0.25, 0.3) is 11.7 Å². The van der Waals surface area contributed by atoms with Crippen LogP contribution in [0.2, 0.25) is 0 Å². The van der Waals surface area contributed by atoms with Crippen molar-refractivity contribution in [2.75, 3.05) is 16.8 Å². The van der Waals surface area contributed by atoms with Crippen LogP contribution in [0.5, 0.6) is 5.75 Å². The molecule has 27 heavy (non-hydrogen) atoms. The van der Waals surface area contributed by atoms with Crippen molar-refractivity contribution < 1.29 is 23.1 Å². The molecule has 3 rings (SSSR count). The Hall–Kier alpha value is -2.61. The van der Waals surface area contributed by atoms with E-state index >= 15 is 0 Å². The summed E-state index contributed by atoms with van der Waals surface area (Å²) in [6.45, 7) is 1.82. The number of benzene rings is 2. The first kappa shape index (κ1) is 19.2. The summed E-state index contributed by atoms with van der Waals surface area (Å²) in [7, 11) is 0. The molecule has 0 aliphatic carbocycles. The molecule has 2 amide bonds. The summed E-state index contributed by atoms with van der Waals surface area (Å²) in [5, 5.41) is 2.64. The van der Waals surface area contributed by atoms with Crippen molar-refractivity contribution in [1.82, 2.24) is 0 Å². The van der Waals surface area contributed by atoms with Gasteiger partial charge in [0.15, 0.2) is 6.10 Å². The van der Waals surface area contributed by atoms with E-state index in [4.69, 9.17) is 4.74 Å². The number of carbonyl (C=O) groups excluding carboxylic acids is 2. The van der Waals surface area contributed by atoms with E-state index in [-0.39, 0.29) is 24.8 Å². The minimum atomic E-state index is -2.58. The second kappa shape index (κ2) is 8.39. The number of fused-ring (bicyclic) bond motifs is 1. The Morgan fingerprint density at radius 1 is 1.22 bits per heavy atom. The molecule has 5 nitrogen and oxygen atoms in total. The third-order valence-corrected chi connectivity index (χ3v) is 4.80. The largest absolute Gasteiger partial charge is 0.479 e. The summed E-state index contributed by atoms with van der Waals surface area (Å²) >= 11 is 0.375. The van der Waals surface area contributed by atoms with Gasteiger partial charge in [-0.1, -0.05) is 36.0 Å². The molecule has 0 radical (unpaired) electrons. The van der Waals surface area contributed by atoms with E-state index in [1.807, 2.05) is 6.07 Å². The topological polar surface area (TPSA) is 58.6 Å². The molecule has 1 aliphatic heterocycles. The first-order chi connectivity index (χ1) is 13.0. The Kier molecular flexibility index (Phi) is 5.95. The van der Waals surface area contributed by atoms with Crippen molar-refractivity contribution in [2.24, 2.45) is 0 Å². The SMILES string of the molecule is CC1Oc2ccccc2N(CCC(=O)Nc2ccccc2SC(F)F)C1=O. The Morgan fingerprint density at radius 2 is 1.93 bits per heavy atom. The molecule has 0 spiro atoms. The third-order valence-electron chi connectivity index (χ3n) is 4.01. The van der Waals surface area contributed by atoms with Crippen LogP contribution in [-0.2, 0) is 9.59 Å². The van der Waals surface area contributed by atoms with Gasteiger partial charge < -0.3 is 15.0 Å². The summed E-state index contributed by atoms with van der Waals surface area (Å²) in [5.74, 6) is -2.58. The number of nitrogens with one attached hydrogen (secondary N) is 1. The highest BCUT2D eigenvalue weighted by Crippen LogP contribution is 2.34. The van der Waals surface area contributed by atoms with Crippen LogP contribution in [0.15, 0.2) is 53.4 Å². The van der Waals surface area contributed by atoms with Crippen LogP contribution < -0.4 is 15.0 Å². The molecular weight excluding hydrogens is 374 g/mol. The smallest absolute Gasteiger partial charge is 0.288 e. The molecular formula is C19H18F2N2O3S. The lowest BCUT2D eigenvalue weighted by Crippen LogP contribution is -2.45. The number of hydrogen-bond acceptors (Lipinski definition) is 4. The molecule has 1 N–H and O–H groups in total. The molecule has 0 saturated heterocycles. The minimum absolute atomic E-state index is 0.0282. The van der Waals surface area contributed by atoms with Crippen LogP contribution >= 0.6 is 11.8 Å². The fourth-order valence-corrected chi connectivity index (χ4v) is 3.38. The summed E-state index contributed by atoms with van der Waals surface area (Å²) in [6.07, 6.45) is -0.605. The van der Waals surface area contributed by atoms with Crippen molar-refractivity contribution in [2.45, 2.75) is 30.1 Å². The number of para-hydroxylation sites is 3. The molecule has 1 aliphatic rings. The van der Waals surface area contributed by atoms with Gasteiger partial charge in [0.2, 0.25) is 5.91 Å². The number of hydrogen-bond donors (Lipinski definition) is 1. The van der Waals surface area contributed by atoms with Gasteiger partial charge in [-0.3, -0.25) is 9.59 Å². The molecule has 0 saturated carbocycles. The summed E-state index contributed by atoms with van der Waals surface area (Å²) in [6, 6.07) is 13.5. The van der Waals surface area contributed by atoms with Crippen LogP contribution in [0.1, 0.15) is 13.3 Å². The predicted octanol–water partition coefficient (Wildman–Crippen LogP) is 4.14. The number of thioether (sulfide) groups is 1. The van der Waals surface area contributed by atoms with Gasteiger partial charge in [0, 0.05) is 17.9 Å². The molecule has 1 unspecified atom stereocenters. The quantitative estimate of drug-likeness (QED) is 0.751. The highest BCUT2D eigenvalue weighted by atomic mass is 32.2. The van der Waals surface area contributed by atoms with E-state index in [0.717, 1.165) is 0 Å². The number of ether oxygens (including phenoxy) is 1. The summed E-state index contributed by atoms with van der Waals surface area (Å²) in [4.78, 5) is 26.5. The Labute approximate surface area is 159 Å². The fraction of sp³-hybridized carbons (Fsp3) is 0.263. The number of rotatable bonds is 6. The standard InChI is InChI=1S/C19H18F2N2O3S/c1-12-18(25)23(14-7-3-4-8-15(14)26-12)11-10-17(24)22-13-6-2-5-9-16(13)27-19(20)21/h2-9,12,19H,10-11H2,1H3,(H,22,24). The zero-order valence-corrected chi connectivity index (χ0v) is 15.3. The van der Waals surface area contributed by atoms with Gasteiger partial charge in [-0.2, -0.15) is 8.78 Å². The first-order valence-electron chi connectivity index (χ1n) is 8.36. The highest BCUT2D eigenvalue weighted by Gasteiger charge is 2.31. The molecule has 1 heterocycles. The van der Waals surface area contributed by atoms with Gasteiger partial charge >= 0.3 is 0 Å². The van der Waals surface area contributed by atoms with Crippen LogP contribution in [0, 0.1) is 0 Å². The lowest BCUT2D eigenvalue weighted by Gasteiger charge is -2.32. The Morgan fingerprint density at radius 3 is 2.70 bits per heavy atom. The number of halogens is 2. The van der Waals surface area contributed by atoms with E-state index in [9.17, 15) is 18.4 Å². The van der Waals surface area contributed by atoms with E-state index in [2.05, 4.69) is 5.32 Å². The Bertz CT molecular complexity index is 847. The molecule has 2 aromatic carbocycles. The van der Waals surface area contributed by atoms with Crippen molar-refractivity contribution in [3.8, 4) is 5.75 Å². The average molecular weight is 392 g/mol. The molecule has 142 valence electrons. The maximum atomic E-state index is 12.6. The molecule has 2 aromatic rings.